The van der Waals surface area contributed by atoms with E-state index in [0.717, 1.165) is 11.8 Å². The van der Waals surface area contributed by atoms with E-state index in [1.165, 1.54) is 19.1 Å². The Hall–Kier alpha value is -3.49. The number of carbonyl (C=O) groups is 5. The van der Waals surface area contributed by atoms with Crippen LogP contribution in [0.1, 0.15) is 48.4 Å². The SMILES string of the molecule is CC(=O)OC1C(N2C(=O)c3ccccc3C2=O)C(=O)N1OC(=O)C(C)=C(C)C. The number of esters is 1. The Kier molecular flexibility index (Phi) is 4.76. The molecule has 0 bridgehead atoms. The minimum Gasteiger partial charge on any atom is -0.436 e. The maximum atomic E-state index is 12.6. The van der Waals surface area contributed by atoms with Crippen molar-refractivity contribution in [2.24, 2.45) is 0 Å². The van der Waals surface area contributed by atoms with Crippen molar-refractivity contribution >= 4 is 29.7 Å². The first kappa shape index (κ1) is 19.3. The number of imide groups is 1. The Balaban J connectivity index is 1.88. The van der Waals surface area contributed by atoms with Crippen LogP contribution in [0, 0.1) is 0 Å². The molecule has 1 aromatic carbocycles. The molecule has 3 rings (SSSR count). The zero-order chi connectivity index (χ0) is 20.7. The number of rotatable bonds is 4. The van der Waals surface area contributed by atoms with Gasteiger partial charge < -0.3 is 9.57 Å². The Labute approximate surface area is 160 Å². The topological polar surface area (TPSA) is 110 Å². The van der Waals surface area contributed by atoms with Crippen LogP contribution in [0.15, 0.2) is 35.4 Å². The smallest absolute Gasteiger partial charge is 0.359 e. The largest absolute Gasteiger partial charge is 0.436 e. The third kappa shape index (κ3) is 2.94. The van der Waals surface area contributed by atoms with Crippen LogP contribution in [0.25, 0.3) is 0 Å². The van der Waals surface area contributed by atoms with E-state index < -0.39 is 41.9 Å². The first-order valence-electron chi connectivity index (χ1n) is 8.48. The van der Waals surface area contributed by atoms with Gasteiger partial charge in [0.25, 0.3) is 17.7 Å². The van der Waals surface area contributed by atoms with Crippen molar-refractivity contribution in [1.29, 1.82) is 0 Å². The molecule has 2 unspecified atom stereocenters. The number of nitrogens with zero attached hydrogens (tertiary/aromatic N) is 2. The van der Waals surface area contributed by atoms with Crippen molar-refractivity contribution in [2.75, 3.05) is 0 Å². The Morgan fingerprint density at radius 1 is 0.929 bits per heavy atom. The molecule has 1 aromatic rings. The highest BCUT2D eigenvalue weighted by atomic mass is 16.8. The number of allylic oxidation sites excluding steroid dienone is 1. The minimum atomic E-state index is -1.42. The molecular weight excluding hydrogens is 368 g/mol. The maximum Gasteiger partial charge on any atom is 0.359 e. The highest BCUT2D eigenvalue weighted by Crippen LogP contribution is 2.33. The number of hydroxylamine groups is 2. The first-order valence-corrected chi connectivity index (χ1v) is 8.48. The number of hydrogen-bond donors (Lipinski definition) is 0. The standard InChI is InChI=1S/C19H18N2O7/c1-9(2)10(3)19(26)28-21-17(25)14(18(21)27-11(4)22)20-15(23)12-7-5-6-8-13(12)16(20)24/h5-8,14,18H,1-4H3. The van der Waals surface area contributed by atoms with Gasteiger partial charge in [-0.3, -0.25) is 24.1 Å². The lowest BCUT2D eigenvalue weighted by atomic mass is 10.1. The summed E-state index contributed by atoms with van der Waals surface area (Å²) in [5.74, 6) is -3.76. The second-order valence-corrected chi connectivity index (χ2v) is 6.64. The van der Waals surface area contributed by atoms with Gasteiger partial charge in [-0.1, -0.05) is 17.7 Å². The highest BCUT2D eigenvalue weighted by molar-refractivity contribution is 6.23. The van der Waals surface area contributed by atoms with E-state index in [4.69, 9.17) is 9.57 Å². The number of amides is 3. The second-order valence-electron chi connectivity index (χ2n) is 6.64. The summed E-state index contributed by atoms with van der Waals surface area (Å²) in [5.41, 5.74) is 1.26. The number of fused-ring (bicyclic) bond motifs is 1. The minimum absolute atomic E-state index is 0.151. The first-order chi connectivity index (χ1) is 13.1. The van der Waals surface area contributed by atoms with Gasteiger partial charge in [-0.15, -0.1) is 5.06 Å². The van der Waals surface area contributed by atoms with Crippen molar-refractivity contribution in [2.45, 2.75) is 40.0 Å². The molecular formula is C19H18N2O7. The average Bonchev–Trinajstić information content (AvgIpc) is 2.90. The fourth-order valence-electron chi connectivity index (χ4n) is 2.86. The normalized spacial score (nSPS) is 20.5. The van der Waals surface area contributed by atoms with E-state index in [2.05, 4.69) is 0 Å². The molecule has 0 spiro atoms. The molecule has 0 aromatic heterocycles. The fraction of sp³-hybridized carbons (Fsp3) is 0.316. The van der Waals surface area contributed by atoms with Gasteiger partial charge in [0.15, 0.2) is 6.04 Å². The molecule has 3 amide bonds. The molecule has 0 saturated carbocycles. The van der Waals surface area contributed by atoms with Gasteiger partial charge in [-0.2, -0.15) is 0 Å². The van der Waals surface area contributed by atoms with Crippen LogP contribution in [-0.4, -0.2) is 51.9 Å². The summed E-state index contributed by atoms with van der Waals surface area (Å²) < 4.78 is 5.06. The summed E-state index contributed by atoms with van der Waals surface area (Å²) in [6, 6.07) is 4.72. The van der Waals surface area contributed by atoms with Crippen LogP contribution in [-0.2, 0) is 24.0 Å². The molecule has 0 N–H and O–H groups in total. The van der Waals surface area contributed by atoms with E-state index in [0.29, 0.717) is 10.6 Å². The number of ether oxygens (including phenoxy) is 1. The zero-order valence-electron chi connectivity index (χ0n) is 15.7. The molecule has 1 saturated heterocycles. The predicted octanol–water partition coefficient (Wildman–Crippen LogP) is 1.20. The second kappa shape index (κ2) is 6.91. The maximum absolute atomic E-state index is 12.6. The van der Waals surface area contributed by atoms with E-state index in [1.54, 1.807) is 26.0 Å². The highest BCUT2D eigenvalue weighted by Gasteiger charge is 2.60. The number of hydrogen-bond acceptors (Lipinski definition) is 7. The van der Waals surface area contributed by atoms with Crippen LogP contribution >= 0.6 is 0 Å². The molecule has 2 atom stereocenters. The molecule has 146 valence electrons. The molecule has 0 aliphatic carbocycles. The van der Waals surface area contributed by atoms with Crippen LogP contribution in [0.3, 0.4) is 0 Å². The molecule has 0 radical (unpaired) electrons. The molecule has 28 heavy (non-hydrogen) atoms. The predicted molar refractivity (Wildman–Crippen MR) is 93.3 cm³/mol. The fourth-order valence-corrected chi connectivity index (χ4v) is 2.86. The Bertz CT molecular complexity index is 910. The van der Waals surface area contributed by atoms with Crippen molar-refractivity contribution in [3.63, 3.8) is 0 Å². The van der Waals surface area contributed by atoms with E-state index >= 15 is 0 Å². The van der Waals surface area contributed by atoms with Crippen LogP contribution in [0.2, 0.25) is 0 Å². The summed E-state index contributed by atoms with van der Waals surface area (Å²) in [4.78, 5) is 67.2. The quantitative estimate of drug-likeness (QED) is 0.331. The monoisotopic (exact) mass is 386 g/mol. The number of carbonyl (C=O) groups excluding carboxylic acids is 5. The van der Waals surface area contributed by atoms with E-state index in [9.17, 15) is 24.0 Å². The van der Waals surface area contributed by atoms with Gasteiger partial charge in [-0.25, -0.2) is 4.79 Å². The summed E-state index contributed by atoms with van der Waals surface area (Å²) in [6.45, 7) is 6.01. The van der Waals surface area contributed by atoms with Crippen molar-refractivity contribution in [3.8, 4) is 0 Å². The van der Waals surface area contributed by atoms with Gasteiger partial charge in [0.2, 0.25) is 6.23 Å². The lowest BCUT2D eigenvalue weighted by Crippen LogP contribution is -2.72. The number of β-lactam (4-membered cyclic amide) rings is 1. The molecule has 9 heteroatoms. The Morgan fingerprint density at radius 3 is 1.93 bits per heavy atom. The summed E-state index contributed by atoms with van der Waals surface area (Å²) in [7, 11) is 0. The third-order valence-electron chi connectivity index (χ3n) is 4.60. The summed E-state index contributed by atoms with van der Waals surface area (Å²) >= 11 is 0. The molecule has 9 nitrogen and oxygen atoms in total. The Morgan fingerprint density at radius 2 is 1.46 bits per heavy atom. The lowest BCUT2D eigenvalue weighted by Gasteiger charge is -2.45. The van der Waals surface area contributed by atoms with Crippen molar-refractivity contribution in [3.05, 3.63) is 46.5 Å². The zero-order valence-corrected chi connectivity index (χ0v) is 15.7. The van der Waals surface area contributed by atoms with Gasteiger partial charge >= 0.3 is 11.9 Å². The van der Waals surface area contributed by atoms with Crippen LogP contribution in [0.5, 0.6) is 0 Å². The third-order valence-corrected chi connectivity index (χ3v) is 4.60. The molecule has 1 fully saturated rings. The molecule has 2 aliphatic rings. The van der Waals surface area contributed by atoms with Crippen molar-refractivity contribution < 1.29 is 33.5 Å². The van der Waals surface area contributed by atoms with Gasteiger partial charge in [0, 0.05) is 12.5 Å². The molecule has 2 aliphatic heterocycles. The van der Waals surface area contributed by atoms with Crippen LogP contribution in [0.4, 0.5) is 0 Å². The number of benzene rings is 1. The van der Waals surface area contributed by atoms with Crippen LogP contribution < -0.4 is 0 Å². The van der Waals surface area contributed by atoms with Gasteiger partial charge in [0.05, 0.1) is 11.1 Å². The van der Waals surface area contributed by atoms with Gasteiger partial charge in [-0.05, 0) is 32.9 Å². The summed E-state index contributed by atoms with van der Waals surface area (Å²) in [6.07, 6.45) is -1.42. The van der Waals surface area contributed by atoms with E-state index in [-0.39, 0.29) is 16.7 Å². The average molecular weight is 386 g/mol. The summed E-state index contributed by atoms with van der Waals surface area (Å²) in [5, 5.41) is 0.574. The van der Waals surface area contributed by atoms with Gasteiger partial charge in [0.1, 0.15) is 0 Å². The molecule has 2 heterocycles. The van der Waals surface area contributed by atoms with E-state index in [1.807, 2.05) is 0 Å². The van der Waals surface area contributed by atoms with Crippen molar-refractivity contribution in [1.82, 2.24) is 9.96 Å². The lowest BCUT2D eigenvalue weighted by molar-refractivity contribution is -0.274.